The molecule has 0 bridgehead atoms. The molecule has 0 aliphatic heterocycles. The predicted octanol–water partition coefficient (Wildman–Crippen LogP) is 2.12. The summed E-state index contributed by atoms with van der Waals surface area (Å²) in [6.07, 6.45) is 1.96. The molecule has 4 nitrogen and oxygen atoms in total. The number of hydrogen-bond acceptors (Lipinski definition) is 5. The van der Waals surface area contributed by atoms with Crippen molar-refractivity contribution in [3.8, 4) is 0 Å². The maximum absolute atomic E-state index is 5.27. The van der Waals surface area contributed by atoms with Gasteiger partial charge in [-0.25, -0.2) is 4.98 Å². The molecule has 0 aliphatic carbocycles. The van der Waals surface area contributed by atoms with Crippen molar-refractivity contribution in [1.29, 1.82) is 0 Å². The molecule has 0 aromatic carbocycles. The van der Waals surface area contributed by atoms with Crippen LogP contribution in [0.2, 0.25) is 0 Å². The molecule has 0 spiro atoms. The highest BCUT2D eigenvalue weighted by atomic mass is 32.1. The Morgan fingerprint density at radius 1 is 1.35 bits per heavy atom. The lowest BCUT2D eigenvalue weighted by molar-refractivity contribution is 0.149. The molecular weight excluding hydrogens is 234 g/mol. The number of thiazole rings is 1. The van der Waals surface area contributed by atoms with Gasteiger partial charge in [0.05, 0.1) is 6.61 Å². The van der Waals surface area contributed by atoms with Gasteiger partial charge in [0.25, 0.3) is 0 Å². The molecule has 5 heteroatoms. The molecule has 0 aliphatic rings. The molecule has 0 fully saturated rings. The van der Waals surface area contributed by atoms with Crippen LogP contribution in [-0.4, -0.2) is 37.8 Å². The summed E-state index contributed by atoms with van der Waals surface area (Å²) in [5, 5.41) is 4.47. The third kappa shape index (κ3) is 5.02. The summed E-state index contributed by atoms with van der Waals surface area (Å²) in [7, 11) is 0. The number of rotatable bonds is 9. The van der Waals surface area contributed by atoms with Crippen LogP contribution < -0.4 is 10.2 Å². The molecule has 0 atom stereocenters. The minimum atomic E-state index is 0.776. The van der Waals surface area contributed by atoms with Crippen molar-refractivity contribution in [3.63, 3.8) is 0 Å². The molecular formula is C12H23N3OS. The Kier molecular flexibility index (Phi) is 7.16. The fourth-order valence-corrected chi connectivity index (χ4v) is 2.53. The van der Waals surface area contributed by atoms with Gasteiger partial charge in [0.15, 0.2) is 5.13 Å². The van der Waals surface area contributed by atoms with Crippen LogP contribution in [0.3, 0.4) is 0 Å². The van der Waals surface area contributed by atoms with Gasteiger partial charge in [0.2, 0.25) is 0 Å². The Morgan fingerprint density at radius 3 is 2.76 bits per heavy atom. The average molecular weight is 257 g/mol. The SMILES string of the molecule is CCOCCNCc1cnc(N(CC)CC)s1. The van der Waals surface area contributed by atoms with E-state index in [0.717, 1.165) is 44.5 Å². The smallest absolute Gasteiger partial charge is 0.185 e. The lowest BCUT2D eigenvalue weighted by Crippen LogP contribution is -2.21. The summed E-state index contributed by atoms with van der Waals surface area (Å²) < 4.78 is 5.27. The van der Waals surface area contributed by atoms with Crippen LogP contribution in [0, 0.1) is 0 Å². The molecule has 1 rings (SSSR count). The van der Waals surface area contributed by atoms with Gasteiger partial charge in [-0.2, -0.15) is 0 Å². The van der Waals surface area contributed by atoms with Crippen molar-refractivity contribution in [2.24, 2.45) is 0 Å². The van der Waals surface area contributed by atoms with Crippen LogP contribution in [0.1, 0.15) is 25.6 Å². The summed E-state index contributed by atoms with van der Waals surface area (Å²) in [6.45, 7) is 11.7. The average Bonchev–Trinajstić information content (AvgIpc) is 2.79. The summed E-state index contributed by atoms with van der Waals surface area (Å²) in [5.74, 6) is 0. The molecule has 98 valence electrons. The van der Waals surface area contributed by atoms with Gasteiger partial charge < -0.3 is 15.0 Å². The Morgan fingerprint density at radius 2 is 2.12 bits per heavy atom. The highest BCUT2D eigenvalue weighted by Gasteiger charge is 2.06. The van der Waals surface area contributed by atoms with Gasteiger partial charge in [-0.05, 0) is 20.8 Å². The minimum Gasteiger partial charge on any atom is -0.380 e. The van der Waals surface area contributed by atoms with Crippen molar-refractivity contribution < 1.29 is 4.74 Å². The van der Waals surface area contributed by atoms with Crippen molar-refractivity contribution in [1.82, 2.24) is 10.3 Å². The van der Waals surface area contributed by atoms with E-state index in [9.17, 15) is 0 Å². The molecule has 1 aromatic rings. The van der Waals surface area contributed by atoms with Crippen LogP contribution in [0.4, 0.5) is 5.13 Å². The molecule has 0 amide bonds. The third-order valence-corrected chi connectivity index (χ3v) is 3.56. The van der Waals surface area contributed by atoms with Crippen LogP contribution in [0.25, 0.3) is 0 Å². The van der Waals surface area contributed by atoms with Crippen molar-refractivity contribution in [2.75, 3.05) is 37.7 Å². The second-order valence-electron chi connectivity index (χ2n) is 3.66. The highest BCUT2D eigenvalue weighted by molar-refractivity contribution is 7.15. The lowest BCUT2D eigenvalue weighted by atomic mass is 10.5. The predicted molar refractivity (Wildman–Crippen MR) is 73.9 cm³/mol. The zero-order valence-corrected chi connectivity index (χ0v) is 11.8. The molecule has 1 aromatic heterocycles. The van der Waals surface area contributed by atoms with Crippen LogP contribution in [0.5, 0.6) is 0 Å². The highest BCUT2D eigenvalue weighted by Crippen LogP contribution is 2.21. The van der Waals surface area contributed by atoms with Crippen LogP contribution >= 0.6 is 11.3 Å². The third-order valence-electron chi connectivity index (χ3n) is 2.50. The van der Waals surface area contributed by atoms with E-state index in [1.807, 2.05) is 13.1 Å². The van der Waals surface area contributed by atoms with E-state index in [0.29, 0.717) is 0 Å². The number of nitrogens with zero attached hydrogens (tertiary/aromatic N) is 2. The van der Waals surface area contributed by atoms with E-state index in [4.69, 9.17) is 4.74 Å². The molecule has 0 radical (unpaired) electrons. The van der Waals surface area contributed by atoms with E-state index in [1.54, 1.807) is 11.3 Å². The molecule has 0 saturated heterocycles. The van der Waals surface area contributed by atoms with E-state index < -0.39 is 0 Å². The second-order valence-corrected chi connectivity index (χ2v) is 4.75. The number of anilines is 1. The number of nitrogens with one attached hydrogen (secondary N) is 1. The van der Waals surface area contributed by atoms with Crippen LogP contribution in [0.15, 0.2) is 6.20 Å². The Labute approximate surface area is 108 Å². The summed E-state index contributed by atoms with van der Waals surface area (Å²) >= 11 is 1.77. The van der Waals surface area contributed by atoms with Gasteiger partial charge in [0, 0.05) is 43.9 Å². The van der Waals surface area contributed by atoms with E-state index in [1.165, 1.54) is 4.88 Å². The molecule has 17 heavy (non-hydrogen) atoms. The number of hydrogen-bond donors (Lipinski definition) is 1. The standard InChI is InChI=1S/C12H23N3OS/c1-4-15(5-2)12-14-10-11(17-12)9-13-7-8-16-6-3/h10,13H,4-9H2,1-3H3. The van der Waals surface area contributed by atoms with Gasteiger partial charge in [0.1, 0.15) is 0 Å². The van der Waals surface area contributed by atoms with Gasteiger partial charge in [-0.15, -0.1) is 11.3 Å². The zero-order valence-electron chi connectivity index (χ0n) is 11.0. The van der Waals surface area contributed by atoms with E-state index in [2.05, 4.69) is 29.0 Å². The topological polar surface area (TPSA) is 37.4 Å². The first-order chi connectivity index (χ1) is 8.31. The fraction of sp³-hybridized carbons (Fsp3) is 0.750. The zero-order chi connectivity index (χ0) is 12.5. The van der Waals surface area contributed by atoms with Crippen LogP contribution in [-0.2, 0) is 11.3 Å². The molecule has 1 N–H and O–H groups in total. The van der Waals surface area contributed by atoms with Crippen molar-refractivity contribution >= 4 is 16.5 Å². The maximum atomic E-state index is 5.27. The molecule has 0 unspecified atom stereocenters. The fourth-order valence-electron chi connectivity index (χ4n) is 1.52. The van der Waals surface area contributed by atoms with Gasteiger partial charge in [-0.3, -0.25) is 0 Å². The quantitative estimate of drug-likeness (QED) is 0.688. The first-order valence-corrected chi connectivity index (χ1v) is 7.11. The first-order valence-electron chi connectivity index (χ1n) is 6.29. The number of aromatic nitrogens is 1. The van der Waals surface area contributed by atoms with Crippen molar-refractivity contribution in [2.45, 2.75) is 27.3 Å². The second kappa shape index (κ2) is 8.44. The van der Waals surface area contributed by atoms with Crippen molar-refractivity contribution in [3.05, 3.63) is 11.1 Å². The summed E-state index contributed by atoms with van der Waals surface area (Å²) in [6, 6.07) is 0. The number of ether oxygens (including phenoxy) is 1. The minimum absolute atomic E-state index is 0.776. The summed E-state index contributed by atoms with van der Waals surface area (Å²) in [4.78, 5) is 8.00. The molecule has 1 heterocycles. The summed E-state index contributed by atoms with van der Waals surface area (Å²) in [5.41, 5.74) is 0. The van der Waals surface area contributed by atoms with Gasteiger partial charge >= 0.3 is 0 Å². The van der Waals surface area contributed by atoms with Gasteiger partial charge in [-0.1, -0.05) is 0 Å². The Hall–Kier alpha value is -0.650. The lowest BCUT2D eigenvalue weighted by Gasteiger charge is -2.16. The molecule has 0 saturated carbocycles. The Balaban J connectivity index is 2.30. The first kappa shape index (κ1) is 14.4. The van der Waals surface area contributed by atoms with E-state index >= 15 is 0 Å². The largest absolute Gasteiger partial charge is 0.380 e. The maximum Gasteiger partial charge on any atom is 0.185 e. The van der Waals surface area contributed by atoms with E-state index in [-0.39, 0.29) is 0 Å². The Bertz CT molecular complexity index is 300. The normalized spacial score (nSPS) is 10.8. The monoisotopic (exact) mass is 257 g/mol.